The fourth-order valence-corrected chi connectivity index (χ4v) is 4.03. The molecule has 2 aromatic carbocycles. The normalized spacial score (nSPS) is 15.3. The van der Waals surface area contributed by atoms with Crippen LogP contribution in [0, 0.1) is 18.6 Å². The Balaban J connectivity index is 1.79. The van der Waals surface area contributed by atoms with Gasteiger partial charge in [-0.25, -0.2) is 22.4 Å². The second-order valence-corrected chi connectivity index (χ2v) is 8.05. The molecule has 0 fully saturated rings. The lowest BCUT2D eigenvalue weighted by molar-refractivity contribution is 0.0154. The monoisotopic (exact) mass is 414 g/mol. The number of carbonyl (C=O) groups excluding carboxylic acids is 1. The quantitative estimate of drug-likeness (QED) is 0.339. The van der Waals surface area contributed by atoms with E-state index in [1.54, 1.807) is 6.92 Å². The summed E-state index contributed by atoms with van der Waals surface area (Å²) in [6.45, 7) is 3.50. The molecule has 0 unspecified atom stereocenters. The van der Waals surface area contributed by atoms with E-state index in [9.17, 15) is 22.4 Å². The van der Waals surface area contributed by atoms with Crippen molar-refractivity contribution < 1.29 is 22.4 Å². The third kappa shape index (κ3) is 5.31. The highest BCUT2D eigenvalue weighted by atomic mass is 19.3. The first-order chi connectivity index (χ1) is 14.2. The van der Waals surface area contributed by atoms with Crippen LogP contribution in [0.1, 0.15) is 42.9 Å². The van der Waals surface area contributed by atoms with Crippen LogP contribution in [-0.2, 0) is 11.2 Å². The molecule has 0 radical (unpaired) electrons. The third-order valence-electron chi connectivity index (χ3n) is 5.64. The average molecular weight is 414 g/mol. The highest BCUT2D eigenvalue weighted by Crippen LogP contribution is 2.45. The molecule has 156 valence electrons. The summed E-state index contributed by atoms with van der Waals surface area (Å²) in [5.74, 6) is -1.76. The van der Waals surface area contributed by atoms with Gasteiger partial charge in [-0.1, -0.05) is 35.7 Å². The summed E-state index contributed by atoms with van der Waals surface area (Å²) in [5.41, 5.74) is 4.39. The highest BCUT2D eigenvalue weighted by Gasteiger charge is 2.39. The maximum absolute atomic E-state index is 14.7. The summed E-state index contributed by atoms with van der Waals surface area (Å²) < 4.78 is 56.1. The van der Waals surface area contributed by atoms with Crippen molar-refractivity contribution in [2.45, 2.75) is 51.8 Å². The van der Waals surface area contributed by atoms with Gasteiger partial charge in [-0.15, -0.1) is 0 Å². The van der Waals surface area contributed by atoms with E-state index in [-0.39, 0.29) is 18.7 Å². The van der Waals surface area contributed by atoms with Crippen molar-refractivity contribution in [1.29, 1.82) is 0 Å². The number of allylic oxidation sites excluding steroid dienone is 3. The lowest BCUT2D eigenvalue weighted by Crippen LogP contribution is -2.23. The average Bonchev–Trinajstić information content (AvgIpc) is 3.00. The molecule has 30 heavy (non-hydrogen) atoms. The molecule has 0 aliphatic heterocycles. The number of rotatable bonds is 7. The van der Waals surface area contributed by atoms with Gasteiger partial charge in [0, 0.05) is 18.4 Å². The SMILES string of the molecule is CC(=C=O)CCc1cc(C)c(BCC2=C(c3ccc(F)cc3)CC(F)(F)C2)c(F)c1. The Kier molecular flexibility index (Phi) is 6.67. The molecule has 0 heterocycles. The van der Waals surface area contributed by atoms with Crippen molar-refractivity contribution in [3.05, 3.63) is 75.9 Å². The van der Waals surface area contributed by atoms with E-state index >= 15 is 0 Å². The van der Waals surface area contributed by atoms with Crippen LogP contribution in [0.4, 0.5) is 17.6 Å². The molecular weight excluding hydrogens is 391 g/mol. The van der Waals surface area contributed by atoms with Gasteiger partial charge < -0.3 is 0 Å². The van der Waals surface area contributed by atoms with Gasteiger partial charge >= 0.3 is 0 Å². The minimum absolute atomic E-state index is 0.321. The fourth-order valence-electron chi connectivity index (χ4n) is 4.03. The van der Waals surface area contributed by atoms with E-state index in [2.05, 4.69) is 0 Å². The zero-order valence-corrected chi connectivity index (χ0v) is 17.1. The zero-order valence-electron chi connectivity index (χ0n) is 17.1. The van der Waals surface area contributed by atoms with E-state index < -0.39 is 11.7 Å². The molecule has 0 saturated carbocycles. The summed E-state index contributed by atoms with van der Waals surface area (Å²) in [4.78, 5) is 10.6. The van der Waals surface area contributed by atoms with Crippen molar-refractivity contribution in [3.63, 3.8) is 0 Å². The second kappa shape index (κ2) is 9.05. The number of hydrogen-bond donors (Lipinski definition) is 0. The van der Waals surface area contributed by atoms with Crippen LogP contribution in [-0.4, -0.2) is 19.1 Å². The van der Waals surface area contributed by atoms with Crippen molar-refractivity contribution >= 4 is 24.3 Å². The van der Waals surface area contributed by atoms with Crippen LogP contribution >= 0.6 is 0 Å². The molecular formula is C24H23BF4O. The Labute approximate surface area is 174 Å². The Hall–Kier alpha value is -2.59. The molecule has 0 atom stereocenters. The molecule has 2 aromatic rings. The molecule has 1 nitrogen and oxygen atoms in total. The third-order valence-corrected chi connectivity index (χ3v) is 5.64. The largest absolute Gasteiger partial charge is 0.255 e. The second-order valence-electron chi connectivity index (χ2n) is 8.05. The van der Waals surface area contributed by atoms with Crippen molar-refractivity contribution in [2.24, 2.45) is 0 Å². The highest BCUT2D eigenvalue weighted by molar-refractivity contribution is 6.55. The fraction of sp³-hybridized carbons (Fsp3) is 0.333. The van der Waals surface area contributed by atoms with Gasteiger partial charge in [0.15, 0.2) is 7.28 Å². The van der Waals surface area contributed by atoms with E-state index in [0.717, 1.165) is 11.1 Å². The summed E-state index contributed by atoms with van der Waals surface area (Å²) in [7, 11) is 0.321. The predicted molar refractivity (Wildman–Crippen MR) is 113 cm³/mol. The molecule has 0 amide bonds. The van der Waals surface area contributed by atoms with E-state index in [1.165, 1.54) is 30.3 Å². The van der Waals surface area contributed by atoms with Crippen molar-refractivity contribution in [1.82, 2.24) is 0 Å². The molecule has 1 aliphatic carbocycles. The first-order valence-electron chi connectivity index (χ1n) is 10.0. The van der Waals surface area contributed by atoms with Gasteiger partial charge in [0.1, 0.15) is 17.6 Å². The van der Waals surface area contributed by atoms with E-state index in [1.807, 2.05) is 18.9 Å². The molecule has 0 spiro atoms. The maximum Gasteiger partial charge on any atom is 0.255 e. The number of hydrogen-bond acceptors (Lipinski definition) is 1. The lowest BCUT2D eigenvalue weighted by Gasteiger charge is -2.12. The predicted octanol–water partition coefficient (Wildman–Crippen LogP) is 5.35. The van der Waals surface area contributed by atoms with Crippen LogP contribution in [0.2, 0.25) is 6.32 Å². The molecule has 0 N–H and O–H groups in total. The molecule has 0 saturated heterocycles. The van der Waals surface area contributed by atoms with E-state index in [4.69, 9.17) is 0 Å². The standard InChI is InChI=1S/C24H23BF4O/c1-15(14-30)3-4-17-9-16(2)23(22(27)10-17)25-13-19-11-24(28,29)12-21(19)18-5-7-20(26)8-6-18/h5-10,25H,3-4,11-13H2,1-2H3. The van der Waals surface area contributed by atoms with Crippen LogP contribution < -0.4 is 5.46 Å². The molecule has 6 heteroatoms. The van der Waals surface area contributed by atoms with Crippen LogP contribution in [0.3, 0.4) is 0 Å². The van der Waals surface area contributed by atoms with Gasteiger partial charge in [-0.2, -0.15) is 0 Å². The molecule has 1 aliphatic rings. The minimum Gasteiger partial charge on any atom is -0.234 e. The number of aryl methyl sites for hydroxylation is 2. The summed E-state index contributed by atoms with van der Waals surface area (Å²) >= 11 is 0. The molecule has 3 rings (SSSR count). The first-order valence-corrected chi connectivity index (χ1v) is 10.0. The van der Waals surface area contributed by atoms with Gasteiger partial charge in [-0.3, -0.25) is 0 Å². The van der Waals surface area contributed by atoms with Crippen LogP contribution in [0.15, 0.2) is 47.5 Å². The summed E-state index contributed by atoms with van der Waals surface area (Å²) in [6, 6.07) is 8.90. The number of alkyl halides is 2. The first kappa shape index (κ1) is 22.1. The van der Waals surface area contributed by atoms with Gasteiger partial charge in [0.2, 0.25) is 0 Å². The Morgan fingerprint density at radius 1 is 1.13 bits per heavy atom. The summed E-state index contributed by atoms with van der Waals surface area (Å²) in [6.07, 6.45) is 0.663. The van der Waals surface area contributed by atoms with Gasteiger partial charge in [0.05, 0.1) is 0 Å². The number of halogens is 4. The summed E-state index contributed by atoms with van der Waals surface area (Å²) in [5, 5.41) is 0. The van der Waals surface area contributed by atoms with Crippen molar-refractivity contribution in [3.8, 4) is 0 Å². The Morgan fingerprint density at radius 3 is 2.47 bits per heavy atom. The molecule has 0 bridgehead atoms. The minimum atomic E-state index is -2.83. The van der Waals surface area contributed by atoms with Gasteiger partial charge in [0.25, 0.3) is 5.92 Å². The lowest BCUT2D eigenvalue weighted by atomic mass is 9.62. The Bertz CT molecular complexity index is 995. The van der Waals surface area contributed by atoms with Crippen molar-refractivity contribution in [2.75, 3.05) is 0 Å². The maximum atomic E-state index is 14.7. The van der Waals surface area contributed by atoms with Crippen LogP contribution in [0.25, 0.3) is 5.57 Å². The number of benzene rings is 2. The zero-order chi connectivity index (χ0) is 21.9. The molecule has 0 aromatic heterocycles. The Morgan fingerprint density at radius 2 is 1.83 bits per heavy atom. The van der Waals surface area contributed by atoms with Gasteiger partial charge in [-0.05, 0) is 67.1 Å². The smallest absolute Gasteiger partial charge is 0.234 e. The topological polar surface area (TPSA) is 17.1 Å². The van der Waals surface area contributed by atoms with Crippen LogP contribution in [0.5, 0.6) is 0 Å². The van der Waals surface area contributed by atoms with E-state index in [0.29, 0.717) is 54.2 Å².